The van der Waals surface area contributed by atoms with Gasteiger partial charge in [-0.15, -0.1) is 0 Å². The van der Waals surface area contributed by atoms with Gasteiger partial charge in [0.05, 0.1) is 34.7 Å². The highest BCUT2D eigenvalue weighted by atomic mass is 19.1. The van der Waals surface area contributed by atoms with E-state index in [2.05, 4.69) is 61.7 Å². The summed E-state index contributed by atoms with van der Waals surface area (Å²) >= 11 is 0. The Morgan fingerprint density at radius 1 is 0.957 bits per heavy atom. The summed E-state index contributed by atoms with van der Waals surface area (Å²) in [6, 6.07) is 17.5. The minimum absolute atomic E-state index is 0.104. The molecule has 4 aliphatic heterocycles. The number of anilines is 1. The molecule has 9 nitrogen and oxygen atoms in total. The first-order valence-corrected chi connectivity index (χ1v) is 17.4. The van der Waals surface area contributed by atoms with Gasteiger partial charge in [-0.05, 0) is 81.4 Å². The van der Waals surface area contributed by atoms with Crippen LogP contribution in [-0.4, -0.2) is 79.5 Å². The summed E-state index contributed by atoms with van der Waals surface area (Å²) in [5, 5.41) is 4.94. The van der Waals surface area contributed by atoms with Gasteiger partial charge in [0.2, 0.25) is 0 Å². The molecule has 0 amide bonds. The highest BCUT2D eigenvalue weighted by Crippen LogP contribution is 2.47. The number of alkyl halides is 1. The lowest BCUT2D eigenvalue weighted by atomic mass is 9.71. The molecular formula is C37H43FN8O. The van der Waals surface area contributed by atoms with Crippen LogP contribution >= 0.6 is 0 Å². The highest BCUT2D eigenvalue weighted by Gasteiger charge is 2.50. The second-order valence-electron chi connectivity index (χ2n) is 14.4. The number of hydrogen-bond acceptors (Lipinski definition) is 8. The Morgan fingerprint density at radius 3 is 2.79 bits per heavy atom. The molecular weight excluding hydrogens is 591 g/mol. The number of halogens is 1. The van der Waals surface area contributed by atoms with Crippen molar-refractivity contribution < 1.29 is 9.13 Å². The van der Waals surface area contributed by atoms with E-state index in [-0.39, 0.29) is 11.1 Å². The fraction of sp³-hybridized carbons (Fsp3) is 0.514. The maximum atomic E-state index is 14.6. The summed E-state index contributed by atoms with van der Waals surface area (Å²) < 4.78 is 23.3. The third kappa shape index (κ3) is 4.94. The van der Waals surface area contributed by atoms with Gasteiger partial charge in [-0.2, -0.15) is 15.1 Å². The molecule has 0 N–H and O–H groups in total. The first kappa shape index (κ1) is 29.3. The van der Waals surface area contributed by atoms with Gasteiger partial charge in [0.25, 0.3) is 0 Å². The van der Waals surface area contributed by atoms with E-state index in [1.807, 2.05) is 24.4 Å². The van der Waals surface area contributed by atoms with Crippen molar-refractivity contribution in [3.05, 3.63) is 82.8 Å². The molecule has 2 saturated heterocycles. The fourth-order valence-electron chi connectivity index (χ4n) is 9.34. The van der Waals surface area contributed by atoms with Crippen LogP contribution in [-0.2, 0) is 38.0 Å². The average molecular weight is 635 g/mol. The fourth-order valence-corrected chi connectivity index (χ4v) is 9.34. The summed E-state index contributed by atoms with van der Waals surface area (Å²) in [7, 11) is 2.27. The number of nitrogens with zero attached hydrogens (tertiary/aromatic N) is 8. The summed E-state index contributed by atoms with van der Waals surface area (Å²) in [5.74, 6) is 0.959. The molecule has 1 unspecified atom stereocenters. The first-order valence-electron chi connectivity index (χ1n) is 17.4. The van der Waals surface area contributed by atoms with Crippen molar-refractivity contribution in [3.8, 4) is 17.4 Å². The molecule has 1 aliphatic carbocycles. The van der Waals surface area contributed by atoms with Gasteiger partial charge < -0.3 is 9.64 Å². The Hall–Kier alpha value is -3.89. The predicted molar refractivity (Wildman–Crippen MR) is 178 cm³/mol. The van der Waals surface area contributed by atoms with E-state index in [9.17, 15) is 4.39 Å². The van der Waals surface area contributed by atoms with Crippen LogP contribution in [0.25, 0.3) is 11.4 Å². The van der Waals surface area contributed by atoms with Gasteiger partial charge in [-0.1, -0.05) is 30.3 Å². The number of pyridine rings is 1. The van der Waals surface area contributed by atoms with Gasteiger partial charge in [0.15, 0.2) is 0 Å². The smallest absolute Gasteiger partial charge is 0.318 e. The molecule has 3 atom stereocenters. The van der Waals surface area contributed by atoms with E-state index in [4.69, 9.17) is 19.8 Å². The number of fused-ring (bicyclic) bond motifs is 5. The van der Waals surface area contributed by atoms with E-state index < -0.39 is 6.17 Å². The van der Waals surface area contributed by atoms with Crippen molar-refractivity contribution in [1.82, 2.24) is 34.5 Å². The molecule has 7 heterocycles. The van der Waals surface area contributed by atoms with Crippen LogP contribution in [0.2, 0.25) is 0 Å². The van der Waals surface area contributed by atoms with Crippen molar-refractivity contribution in [1.29, 1.82) is 0 Å². The highest BCUT2D eigenvalue weighted by molar-refractivity contribution is 5.56. The van der Waals surface area contributed by atoms with E-state index in [0.29, 0.717) is 32.1 Å². The molecule has 3 aromatic heterocycles. The molecule has 5 aliphatic rings. The molecule has 1 aromatic carbocycles. The molecule has 9 rings (SSSR count). The maximum absolute atomic E-state index is 14.6. The Bertz CT molecular complexity index is 1800. The molecule has 0 saturated carbocycles. The van der Waals surface area contributed by atoms with E-state index in [1.165, 1.54) is 16.7 Å². The number of aryl methyl sites for hydroxylation is 2. The second kappa shape index (κ2) is 11.4. The quantitative estimate of drug-likeness (QED) is 0.292. The number of benzene rings is 1. The van der Waals surface area contributed by atoms with Crippen LogP contribution in [0.3, 0.4) is 0 Å². The van der Waals surface area contributed by atoms with E-state index >= 15 is 0 Å². The number of ether oxygens (including phenoxy) is 1. The lowest BCUT2D eigenvalue weighted by molar-refractivity contribution is 0.0714. The summed E-state index contributed by atoms with van der Waals surface area (Å²) in [6.45, 7) is 5.06. The molecule has 0 radical (unpaired) electrons. The Morgan fingerprint density at radius 2 is 1.87 bits per heavy atom. The molecule has 10 heteroatoms. The zero-order valence-electron chi connectivity index (χ0n) is 27.2. The monoisotopic (exact) mass is 634 g/mol. The van der Waals surface area contributed by atoms with Crippen molar-refractivity contribution in [2.75, 3.05) is 38.2 Å². The maximum Gasteiger partial charge on any atom is 0.318 e. The number of likely N-dealkylation sites (N-methyl/N-ethyl adjacent to an activating group) is 1. The third-order valence-corrected chi connectivity index (χ3v) is 11.7. The molecule has 244 valence electrons. The van der Waals surface area contributed by atoms with E-state index in [0.717, 1.165) is 99.7 Å². The largest absolute Gasteiger partial charge is 0.461 e. The van der Waals surface area contributed by atoms with Crippen molar-refractivity contribution >= 4 is 5.82 Å². The standard InChI is InChI=1S/C37H43FN8O/c1-43-24-29-33(21-37(43)14-6-10-26-9-2-3-11-30(26)37)40-35(47-25-36-13-7-17-45(36)22-27(38)20-36)41-34(29)44-16-8-18-46-28(23-44)19-32(42-46)31-12-4-5-15-39-31/h2-5,9,11-12,15,19,27H,6-8,10,13-14,16-18,20-25H2,1H3/t27?,36-,37-/m0/s1. The molecule has 2 fully saturated rings. The average Bonchev–Trinajstić information content (AvgIpc) is 3.72. The second-order valence-corrected chi connectivity index (χ2v) is 14.4. The Labute approximate surface area is 275 Å². The van der Waals surface area contributed by atoms with Crippen molar-refractivity contribution in [3.63, 3.8) is 0 Å². The van der Waals surface area contributed by atoms with Gasteiger partial charge in [0.1, 0.15) is 24.3 Å². The SMILES string of the molecule is CN1Cc2c(nc(OC[C@@]34CCCN3CC(F)C4)nc2N2CCCn3nc(-c4ccccn4)cc3C2)C[C@]12CCCc1ccccc12. The Kier molecular flexibility index (Phi) is 7.08. The number of rotatable bonds is 5. The predicted octanol–water partition coefficient (Wildman–Crippen LogP) is 5.32. The van der Waals surface area contributed by atoms with Crippen LogP contribution < -0.4 is 9.64 Å². The lowest BCUT2D eigenvalue weighted by Gasteiger charge is -2.49. The topological polar surface area (TPSA) is 75.4 Å². The zero-order valence-corrected chi connectivity index (χ0v) is 27.2. The minimum Gasteiger partial charge on any atom is -0.461 e. The zero-order chi connectivity index (χ0) is 31.6. The summed E-state index contributed by atoms with van der Waals surface area (Å²) in [4.78, 5) is 22.2. The van der Waals surface area contributed by atoms with Crippen LogP contribution in [0, 0.1) is 0 Å². The summed E-state index contributed by atoms with van der Waals surface area (Å²) in [6.07, 6.45) is 8.77. The number of aromatic nitrogens is 5. The molecule has 1 spiro atoms. The lowest BCUT2D eigenvalue weighted by Crippen LogP contribution is -2.51. The first-order chi connectivity index (χ1) is 23.0. The molecule has 47 heavy (non-hydrogen) atoms. The van der Waals surface area contributed by atoms with Crippen LogP contribution in [0.1, 0.15) is 66.6 Å². The van der Waals surface area contributed by atoms with Crippen LogP contribution in [0.15, 0.2) is 54.7 Å². The van der Waals surface area contributed by atoms with Crippen molar-refractivity contribution in [2.45, 2.75) is 88.3 Å². The summed E-state index contributed by atoms with van der Waals surface area (Å²) in [5.41, 5.74) is 7.75. The van der Waals surface area contributed by atoms with Crippen LogP contribution in [0.5, 0.6) is 6.01 Å². The van der Waals surface area contributed by atoms with Gasteiger partial charge in [-0.25, -0.2) is 4.39 Å². The van der Waals surface area contributed by atoms with Crippen LogP contribution in [0.4, 0.5) is 10.2 Å². The normalized spacial score (nSPS) is 27.3. The minimum atomic E-state index is -0.793. The van der Waals surface area contributed by atoms with Crippen molar-refractivity contribution in [2.24, 2.45) is 0 Å². The van der Waals surface area contributed by atoms with Gasteiger partial charge in [0, 0.05) is 50.8 Å². The Balaban J connectivity index is 1.10. The van der Waals surface area contributed by atoms with Gasteiger partial charge in [-0.3, -0.25) is 19.5 Å². The van der Waals surface area contributed by atoms with E-state index in [1.54, 1.807) is 0 Å². The number of hydrogen-bond donors (Lipinski definition) is 0. The third-order valence-electron chi connectivity index (χ3n) is 11.7. The van der Waals surface area contributed by atoms with Gasteiger partial charge >= 0.3 is 6.01 Å². The molecule has 4 aromatic rings. The molecule has 0 bridgehead atoms.